The predicted octanol–water partition coefficient (Wildman–Crippen LogP) is 8.53. The maximum atomic E-state index is 14.3. The summed E-state index contributed by atoms with van der Waals surface area (Å²) in [5, 5.41) is 0. The molecular formula is C16H20F13I. The van der Waals surface area contributed by atoms with Crippen molar-refractivity contribution in [2.45, 2.75) is 92.1 Å². The van der Waals surface area contributed by atoms with Crippen LogP contribution in [0.2, 0.25) is 0 Å². The van der Waals surface area contributed by atoms with Crippen LogP contribution >= 0.6 is 22.6 Å². The molecule has 0 aliphatic heterocycles. The summed E-state index contributed by atoms with van der Waals surface area (Å²) >= 11 is 1.22. The van der Waals surface area contributed by atoms with Crippen molar-refractivity contribution in [2.75, 3.05) is 0 Å². The Balaban J connectivity index is 6.08. The van der Waals surface area contributed by atoms with Gasteiger partial charge in [-0.05, 0) is 12.8 Å². The van der Waals surface area contributed by atoms with Crippen molar-refractivity contribution >= 4 is 22.6 Å². The van der Waals surface area contributed by atoms with Gasteiger partial charge in [-0.3, -0.25) is 0 Å². The zero-order chi connectivity index (χ0) is 24.4. The molecule has 0 aromatic heterocycles. The molecule has 0 saturated heterocycles. The molecule has 0 nitrogen and oxygen atoms in total. The lowest BCUT2D eigenvalue weighted by Crippen LogP contribution is -2.71. The van der Waals surface area contributed by atoms with E-state index in [-0.39, 0.29) is 12.8 Å². The SMILES string of the molecule is CCCCCCC(I)C(CC)C(F)(F)C(F)(F)C(F)(F)C(F)(F)C(F)(F)C(F)(F)F. The summed E-state index contributed by atoms with van der Waals surface area (Å²) in [6.45, 7) is 2.65. The van der Waals surface area contributed by atoms with E-state index in [1.54, 1.807) is 6.92 Å². The van der Waals surface area contributed by atoms with Gasteiger partial charge < -0.3 is 0 Å². The highest BCUT2D eigenvalue weighted by Crippen LogP contribution is 2.62. The van der Waals surface area contributed by atoms with E-state index in [9.17, 15) is 57.1 Å². The summed E-state index contributed by atoms with van der Waals surface area (Å²) in [7, 11) is 0. The molecule has 0 bridgehead atoms. The smallest absolute Gasteiger partial charge is 0.199 e. The van der Waals surface area contributed by atoms with Crippen molar-refractivity contribution in [3.8, 4) is 0 Å². The number of hydrogen-bond donors (Lipinski definition) is 0. The maximum Gasteiger partial charge on any atom is 0.460 e. The lowest BCUT2D eigenvalue weighted by Gasteiger charge is -2.42. The van der Waals surface area contributed by atoms with Gasteiger partial charge in [0.2, 0.25) is 0 Å². The van der Waals surface area contributed by atoms with E-state index < -0.39 is 52.1 Å². The average Bonchev–Trinajstić information content (AvgIpc) is 2.57. The largest absolute Gasteiger partial charge is 0.460 e. The van der Waals surface area contributed by atoms with E-state index in [1.165, 1.54) is 22.6 Å². The number of rotatable bonds is 12. The Morgan fingerprint density at radius 3 is 1.40 bits per heavy atom. The van der Waals surface area contributed by atoms with Crippen LogP contribution in [-0.2, 0) is 0 Å². The summed E-state index contributed by atoms with van der Waals surface area (Å²) in [5.41, 5.74) is 0. The Bertz CT molecular complexity index is 542. The second-order valence-corrected chi connectivity index (χ2v) is 8.40. The first kappa shape index (κ1) is 29.8. The van der Waals surface area contributed by atoms with Gasteiger partial charge in [-0.2, -0.15) is 57.1 Å². The molecule has 0 amide bonds. The van der Waals surface area contributed by atoms with E-state index in [2.05, 4.69) is 0 Å². The third-order valence-electron chi connectivity index (χ3n) is 4.63. The zero-order valence-electron chi connectivity index (χ0n) is 15.7. The van der Waals surface area contributed by atoms with Crippen LogP contribution in [-0.4, -0.2) is 39.7 Å². The number of unbranched alkanes of at least 4 members (excludes halogenated alkanes) is 3. The molecule has 0 fully saturated rings. The minimum absolute atomic E-state index is 0.203. The Labute approximate surface area is 178 Å². The van der Waals surface area contributed by atoms with Crippen molar-refractivity contribution in [1.82, 2.24) is 0 Å². The van der Waals surface area contributed by atoms with Gasteiger partial charge in [-0.1, -0.05) is 62.1 Å². The lowest BCUT2D eigenvalue weighted by molar-refractivity contribution is -0.443. The van der Waals surface area contributed by atoms with Crippen LogP contribution in [0, 0.1) is 5.92 Å². The third-order valence-corrected chi connectivity index (χ3v) is 6.12. The molecule has 0 aromatic carbocycles. The minimum Gasteiger partial charge on any atom is -0.199 e. The van der Waals surface area contributed by atoms with Crippen molar-refractivity contribution in [2.24, 2.45) is 5.92 Å². The van der Waals surface area contributed by atoms with Crippen LogP contribution in [0.1, 0.15) is 52.4 Å². The Kier molecular flexibility index (Phi) is 9.70. The summed E-state index contributed by atoms with van der Waals surface area (Å²) < 4.78 is 171. The first-order chi connectivity index (χ1) is 13.2. The van der Waals surface area contributed by atoms with Crippen molar-refractivity contribution in [3.05, 3.63) is 0 Å². The molecule has 0 rings (SSSR count). The second-order valence-electron chi connectivity index (χ2n) is 6.80. The molecule has 0 aliphatic carbocycles. The molecule has 0 N–H and O–H groups in total. The standard InChI is InChI=1S/C16H20F13I/c1-3-5-6-7-8-10(30)9(4-2)11(17,18)12(19,20)13(21,22)14(23,24)15(25,26)16(27,28)29/h9-10H,3-8H2,1-2H3. The van der Waals surface area contributed by atoms with Crippen LogP contribution in [0.25, 0.3) is 0 Å². The summed E-state index contributed by atoms with van der Waals surface area (Å²) in [6, 6.07) is 0. The zero-order valence-corrected chi connectivity index (χ0v) is 17.8. The van der Waals surface area contributed by atoms with E-state index in [4.69, 9.17) is 0 Å². The van der Waals surface area contributed by atoms with Gasteiger partial charge in [0.25, 0.3) is 0 Å². The van der Waals surface area contributed by atoms with Crippen LogP contribution in [0.15, 0.2) is 0 Å². The Morgan fingerprint density at radius 1 is 0.600 bits per heavy atom. The van der Waals surface area contributed by atoms with Crippen molar-refractivity contribution in [1.29, 1.82) is 0 Å². The van der Waals surface area contributed by atoms with Crippen molar-refractivity contribution in [3.63, 3.8) is 0 Å². The molecule has 0 radical (unpaired) electrons. The maximum absolute atomic E-state index is 14.3. The predicted molar refractivity (Wildman–Crippen MR) is 91.1 cm³/mol. The summed E-state index contributed by atoms with van der Waals surface area (Å²) in [6.07, 6.45) is -6.50. The van der Waals surface area contributed by atoms with Crippen LogP contribution in [0.4, 0.5) is 57.1 Å². The molecule has 30 heavy (non-hydrogen) atoms. The highest BCUT2D eigenvalue weighted by atomic mass is 127. The number of alkyl halides is 14. The van der Waals surface area contributed by atoms with Crippen LogP contribution in [0.3, 0.4) is 0 Å². The monoisotopic (exact) mass is 586 g/mol. The van der Waals surface area contributed by atoms with E-state index in [1.807, 2.05) is 0 Å². The average molecular weight is 586 g/mol. The molecule has 2 atom stereocenters. The highest BCUT2D eigenvalue weighted by molar-refractivity contribution is 14.1. The molecule has 0 aromatic rings. The molecular weight excluding hydrogens is 566 g/mol. The van der Waals surface area contributed by atoms with Gasteiger partial charge in [0.05, 0.1) is 0 Å². The van der Waals surface area contributed by atoms with Gasteiger partial charge in [0.15, 0.2) is 0 Å². The molecule has 0 saturated carbocycles. The first-order valence-electron chi connectivity index (χ1n) is 8.78. The minimum atomic E-state index is -7.84. The molecule has 0 heterocycles. The Morgan fingerprint density at radius 2 is 1.03 bits per heavy atom. The van der Waals surface area contributed by atoms with Gasteiger partial charge in [-0.25, -0.2) is 0 Å². The van der Waals surface area contributed by atoms with Crippen LogP contribution in [0.5, 0.6) is 0 Å². The van der Waals surface area contributed by atoms with Gasteiger partial charge >= 0.3 is 35.8 Å². The Hall–Kier alpha value is -0.180. The fourth-order valence-corrected chi connectivity index (χ4v) is 4.12. The van der Waals surface area contributed by atoms with E-state index in [0.29, 0.717) is 19.3 Å². The quantitative estimate of drug-likeness (QED) is 0.0932. The first-order valence-corrected chi connectivity index (χ1v) is 10.0. The van der Waals surface area contributed by atoms with Gasteiger partial charge in [-0.15, -0.1) is 0 Å². The van der Waals surface area contributed by atoms with Crippen LogP contribution < -0.4 is 0 Å². The normalized spacial score (nSPS) is 17.2. The summed E-state index contributed by atoms with van der Waals surface area (Å²) in [4.78, 5) is 0. The number of hydrogen-bond acceptors (Lipinski definition) is 0. The molecule has 2 unspecified atom stereocenters. The third kappa shape index (κ3) is 5.07. The molecule has 182 valence electrons. The molecule has 0 spiro atoms. The number of halogens is 14. The highest BCUT2D eigenvalue weighted by Gasteiger charge is 2.91. The summed E-state index contributed by atoms with van der Waals surface area (Å²) in [5.74, 6) is -39.1. The molecule has 0 aliphatic rings. The fourth-order valence-electron chi connectivity index (χ4n) is 2.72. The fraction of sp³-hybridized carbons (Fsp3) is 1.00. The van der Waals surface area contributed by atoms with Gasteiger partial charge in [0, 0.05) is 9.84 Å². The van der Waals surface area contributed by atoms with Crippen molar-refractivity contribution < 1.29 is 57.1 Å². The van der Waals surface area contributed by atoms with E-state index in [0.717, 1.165) is 6.92 Å². The van der Waals surface area contributed by atoms with Gasteiger partial charge in [0.1, 0.15) is 0 Å². The topological polar surface area (TPSA) is 0 Å². The van der Waals surface area contributed by atoms with E-state index >= 15 is 0 Å². The second kappa shape index (κ2) is 9.75. The lowest BCUT2D eigenvalue weighted by atomic mass is 9.83. The molecule has 14 heteroatoms.